The van der Waals surface area contributed by atoms with E-state index in [0.29, 0.717) is 34.7 Å². The third kappa shape index (κ3) is 3.56. The molecule has 0 saturated heterocycles. The standard InChI is InChI=1S/C18H14N8O3/c19-12-3-1-10(2-4-12)9-26-16-13(8-22-26)15(23-18(20)24-16)14-7-11(5-6-21-14)17(27)29-25-28/h1-8H,9,19H2,(H2,20,23,24). The second-order valence-corrected chi connectivity index (χ2v) is 6.09. The van der Waals surface area contributed by atoms with Gasteiger partial charge in [0.05, 0.1) is 29.4 Å². The topological polar surface area (TPSA) is 164 Å². The van der Waals surface area contributed by atoms with Gasteiger partial charge in [-0.1, -0.05) is 12.1 Å². The van der Waals surface area contributed by atoms with Crippen molar-refractivity contribution in [2.45, 2.75) is 6.54 Å². The molecule has 0 aliphatic rings. The largest absolute Gasteiger partial charge is 0.399 e. The fraction of sp³-hybridized carbons (Fsp3) is 0.0556. The number of nitrogen functional groups attached to an aromatic ring is 2. The molecule has 0 bridgehead atoms. The molecule has 0 fully saturated rings. The number of rotatable bonds is 5. The summed E-state index contributed by atoms with van der Waals surface area (Å²) in [5.74, 6) is -0.878. The van der Waals surface area contributed by atoms with Crippen molar-refractivity contribution in [1.82, 2.24) is 24.7 Å². The van der Waals surface area contributed by atoms with Gasteiger partial charge in [0.2, 0.25) is 5.95 Å². The Balaban J connectivity index is 1.77. The Kier molecular flexibility index (Phi) is 4.53. The zero-order valence-corrected chi connectivity index (χ0v) is 14.9. The van der Waals surface area contributed by atoms with Gasteiger partial charge in [-0.25, -0.2) is 14.5 Å². The maximum atomic E-state index is 11.8. The molecule has 11 heteroatoms. The minimum atomic E-state index is -0.902. The molecule has 0 amide bonds. The molecule has 4 rings (SSSR count). The first-order valence-corrected chi connectivity index (χ1v) is 8.39. The van der Waals surface area contributed by atoms with E-state index in [9.17, 15) is 9.70 Å². The average Bonchev–Trinajstić information content (AvgIpc) is 3.12. The van der Waals surface area contributed by atoms with E-state index < -0.39 is 5.97 Å². The van der Waals surface area contributed by atoms with Crippen molar-refractivity contribution < 1.29 is 9.63 Å². The summed E-state index contributed by atoms with van der Waals surface area (Å²) < 4.78 is 1.68. The molecular weight excluding hydrogens is 376 g/mol. The lowest BCUT2D eigenvalue weighted by Gasteiger charge is -2.07. The van der Waals surface area contributed by atoms with Crippen LogP contribution in [-0.2, 0) is 11.4 Å². The summed E-state index contributed by atoms with van der Waals surface area (Å²) in [6, 6.07) is 10.2. The average molecular weight is 390 g/mol. The SMILES string of the molecule is Nc1ccc(Cn2ncc3c(-c4cc(C(=O)ON=O)ccn4)nc(N)nc32)cc1. The molecule has 0 unspecified atom stereocenters. The quantitative estimate of drug-likeness (QED) is 0.294. The first-order chi connectivity index (χ1) is 14.0. The number of hydrogen-bond donors (Lipinski definition) is 2. The molecule has 0 spiro atoms. The van der Waals surface area contributed by atoms with Crippen molar-refractivity contribution in [1.29, 1.82) is 0 Å². The molecular formula is C18H14N8O3. The highest BCUT2D eigenvalue weighted by Crippen LogP contribution is 2.26. The maximum Gasteiger partial charge on any atom is 0.369 e. The molecule has 11 nitrogen and oxygen atoms in total. The second-order valence-electron chi connectivity index (χ2n) is 6.09. The van der Waals surface area contributed by atoms with Crippen LogP contribution < -0.4 is 11.5 Å². The van der Waals surface area contributed by atoms with Gasteiger partial charge in [-0.05, 0) is 29.8 Å². The summed E-state index contributed by atoms with van der Waals surface area (Å²) in [7, 11) is 0. The van der Waals surface area contributed by atoms with E-state index in [1.54, 1.807) is 23.0 Å². The molecule has 4 aromatic rings. The highest BCUT2D eigenvalue weighted by atomic mass is 16.7. The number of carbonyl (C=O) groups is 1. The van der Waals surface area contributed by atoms with Gasteiger partial charge in [-0.2, -0.15) is 10.1 Å². The van der Waals surface area contributed by atoms with Crippen molar-refractivity contribution in [3.05, 3.63) is 64.8 Å². The van der Waals surface area contributed by atoms with Crippen molar-refractivity contribution in [2.75, 3.05) is 11.5 Å². The molecule has 3 heterocycles. The third-order valence-electron chi connectivity index (χ3n) is 4.18. The van der Waals surface area contributed by atoms with E-state index >= 15 is 0 Å². The molecule has 0 radical (unpaired) electrons. The number of fused-ring (bicyclic) bond motifs is 1. The van der Waals surface area contributed by atoms with Crippen LogP contribution in [0.4, 0.5) is 11.6 Å². The smallest absolute Gasteiger partial charge is 0.369 e. The minimum absolute atomic E-state index is 0.0240. The Hall–Kier alpha value is -4.41. The van der Waals surface area contributed by atoms with Crippen molar-refractivity contribution in [3.8, 4) is 11.4 Å². The van der Waals surface area contributed by atoms with Crippen molar-refractivity contribution >= 4 is 28.6 Å². The van der Waals surface area contributed by atoms with E-state index in [4.69, 9.17) is 11.5 Å². The molecule has 0 aliphatic carbocycles. The predicted molar refractivity (Wildman–Crippen MR) is 104 cm³/mol. The Labute approximate surface area is 163 Å². The van der Waals surface area contributed by atoms with E-state index in [1.807, 2.05) is 12.1 Å². The van der Waals surface area contributed by atoms with Crippen LogP contribution in [0.5, 0.6) is 0 Å². The van der Waals surface area contributed by atoms with Crippen LogP contribution in [0.1, 0.15) is 15.9 Å². The maximum absolute atomic E-state index is 11.8. The van der Waals surface area contributed by atoms with Gasteiger partial charge >= 0.3 is 5.97 Å². The van der Waals surface area contributed by atoms with Crippen LogP contribution in [0, 0.1) is 4.91 Å². The normalized spacial score (nSPS) is 10.8. The van der Waals surface area contributed by atoms with Crippen molar-refractivity contribution in [3.63, 3.8) is 0 Å². The lowest BCUT2D eigenvalue weighted by Crippen LogP contribution is -2.06. The predicted octanol–water partition coefficient (Wildman–Crippen LogP) is 1.94. The highest BCUT2D eigenvalue weighted by Gasteiger charge is 2.17. The van der Waals surface area contributed by atoms with Crippen LogP contribution in [0.2, 0.25) is 0 Å². The van der Waals surface area contributed by atoms with E-state index in [-0.39, 0.29) is 11.5 Å². The zero-order chi connectivity index (χ0) is 20.4. The summed E-state index contributed by atoms with van der Waals surface area (Å²) in [5.41, 5.74) is 14.6. The number of aromatic nitrogens is 5. The van der Waals surface area contributed by atoms with Crippen LogP contribution in [0.3, 0.4) is 0 Å². The number of pyridine rings is 1. The number of nitrogens with zero attached hydrogens (tertiary/aromatic N) is 6. The van der Waals surface area contributed by atoms with Gasteiger partial charge in [0, 0.05) is 11.9 Å². The lowest BCUT2D eigenvalue weighted by atomic mass is 10.1. The molecule has 3 aromatic heterocycles. The van der Waals surface area contributed by atoms with Gasteiger partial charge in [0.1, 0.15) is 5.69 Å². The first kappa shape index (κ1) is 18.0. The summed E-state index contributed by atoms with van der Waals surface area (Å²) >= 11 is 0. The number of hydrogen-bond acceptors (Lipinski definition) is 10. The molecule has 1 aromatic carbocycles. The lowest BCUT2D eigenvalue weighted by molar-refractivity contribution is 0.0508. The van der Waals surface area contributed by atoms with Gasteiger partial charge in [-0.15, -0.1) is 4.91 Å². The Morgan fingerprint density at radius 1 is 1.14 bits per heavy atom. The Bertz CT molecular complexity index is 1220. The van der Waals surface area contributed by atoms with Crippen LogP contribution in [-0.4, -0.2) is 30.7 Å². The zero-order valence-electron chi connectivity index (χ0n) is 14.9. The molecule has 29 heavy (non-hydrogen) atoms. The van der Waals surface area contributed by atoms with Gasteiger partial charge < -0.3 is 11.5 Å². The first-order valence-electron chi connectivity index (χ1n) is 8.39. The monoisotopic (exact) mass is 390 g/mol. The third-order valence-corrected chi connectivity index (χ3v) is 4.18. The number of nitrogens with two attached hydrogens (primary N) is 2. The van der Waals surface area contributed by atoms with Gasteiger partial charge in [0.25, 0.3) is 0 Å². The van der Waals surface area contributed by atoms with Gasteiger partial charge in [-0.3, -0.25) is 9.82 Å². The van der Waals surface area contributed by atoms with E-state index in [0.717, 1.165) is 5.56 Å². The van der Waals surface area contributed by atoms with Gasteiger partial charge in [0.15, 0.2) is 11.0 Å². The Morgan fingerprint density at radius 2 is 1.93 bits per heavy atom. The number of anilines is 2. The molecule has 0 atom stereocenters. The summed E-state index contributed by atoms with van der Waals surface area (Å²) in [6.07, 6.45) is 2.99. The number of benzene rings is 1. The minimum Gasteiger partial charge on any atom is -0.399 e. The van der Waals surface area contributed by atoms with Crippen LogP contribution in [0.25, 0.3) is 22.4 Å². The van der Waals surface area contributed by atoms with Crippen LogP contribution >= 0.6 is 0 Å². The molecule has 4 N–H and O–H groups in total. The fourth-order valence-electron chi connectivity index (χ4n) is 2.85. The van der Waals surface area contributed by atoms with Crippen molar-refractivity contribution in [2.24, 2.45) is 5.34 Å². The van der Waals surface area contributed by atoms with Crippen LogP contribution in [0.15, 0.2) is 54.1 Å². The van der Waals surface area contributed by atoms with E-state index in [1.165, 1.54) is 18.3 Å². The summed E-state index contributed by atoms with van der Waals surface area (Å²) in [4.78, 5) is 38.8. The molecule has 144 valence electrons. The summed E-state index contributed by atoms with van der Waals surface area (Å²) in [6.45, 7) is 0.449. The second kappa shape index (κ2) is 7.31. The fourth-order valence-corrected chi connectivity index (χ4v) is 2.85. The number of carbonyl (C=O) groups excluding carboxylic acids is 1. The molecule has 0 saturated carbocycles. The highest BCUT2D eigenvalue weighted by molar-refractivity contribution is 5.93. The molecule has 0 aliphatic heterocycles. The summed E-state index contributed by atoms with van der Waals surface area (Å²) in [5, 5.41) is 7.12. The Morgan fingerprint density at radius 3 is 2.69 bits per heavy atom. The van der Waals surface area contributed by atoms with E-state index in [2.05, 4.69) is 30.2 Å².